The van der Waals surface area contributed by atoms with E-state index in [2.05, 4.69) is 10.2 Å². The van der Waals surface area contributed by atoms with Gasteiger partial charge in [-0.2, -0.15) is 0 Å². The Morgan fingerprint density at radius 1 is 1.32 bits per heavy atom. The van der Waals surface area contributed by atoms with Crippen molar-refractivity contribution in [3.8, 4) is 0 Å². The number of carboxylic acid groups (broad SMARTS) is 2. The highest BCUT2D eigenvalue weighted by Crippen LogP contribution is 2.07. The zero-order chi connectivity index (χ0) is 14.6. The number of hydrogen-bond donors (Lipinski definition) is 3. The second-order valence-corrected chi connectivity index (χ2v) is 4.71. The molecule has 1 aliphatic heterocycles. The second-order valence-electron chi connectivity index (χ2n) is 4.71. The first kappa shape index (κ1) is 15.2. The predicted octanol–water partition coefficient (Wildman–Crippen LogP) is -0.740. The number of rotatable bonds is 4. The number of piperazine rings is 1. The van der Waals surface area contributed by atoms with Gasteiger partial charge in [-0.1, -0.05) is 0 Å². The van der Waals surface area contributed by atoms with Crippen LogP contribution in [0.5, 0.6) is 0 Å². The van der Waals surface area contributed by atoms with Crippen LogP contribution in [0.15, 0.2) is 0 Å². The van der Waals surface area contributed by atoms with Crippen molar-refractivity contribution in [1.29, 1.82) is 0 Å². The van der Waals surface area contributed by atoms with Crippen molar-refractivity contribution in [3.63, 3.8) is 0 Å². The first-order valence-corrected chi connectivity index (χ1v) is 6.01. The molecule has 2 amide bonds. The number of carbonyl (C=O) groups is 3. The predicted molar refractivity (Wildman–Crippen MR) is 65.9 cm³/mol. The van der Waals surface area contributed by atoms with Crippen molar-refractivity contribution in [1.82, 2.24) is 15.1 Å². The largest absolute Gasteiger partial charge is 0.481 e. The van der Waals surface area contributed by atoms with Gasteiger partial charge >= 0.3 is 18.0 Å². The molecule has 2 atom stereocenters. The molecule has 0 saturated carbocycles. The molecule has 0 aliphatic carbocycles. The molecule has 8 heteroatoms. The summed E-state index contributed by atoms with van der Waals surface area (Å²) in [6, 6.07) is -1.75. The number of nitrogens with zero attached hydrogens (tertiary/aromatic N) is 2. The van der Waals surface area contributed by atoms with Gasteiger partial charge in [-0.3, -0.25) is 4.79 Å². The molecule has 0 radical (unpaired) electrons. The van der Waals surface area contributed by atoms with E-state index < -0.39 is 30.4 Å². The van der Waals surface area contributed by atoms with Crippen molar-refractivity contribution in [2.75, 3.05) is 26.7 Å². The molecule has 3 N–H and O–H groups in total. The molecule has 0 spiro atoms. The van der Waals surface area contributed by atoms with E-state index in [4.69, 9.17) is 10.2 Å². The molecule has 0 aromatic heterocycles. The summed E-state index contributed by atoms with van der Waals surface area (Å²) in [7, 11) is 1.95. The molecule has 0 aromatic carbocycles. The highest BCUT2D eigenvalue weighted by atomic mass is 16.4. The van der Waals surface area contributed by atoms with E-state index in [1.807, 2.05) is 14.0 Å². The van der Waals surface area contributed by atoms with Crippen LogP contribution in [0.25, 0.3) is 0 Å². The van der Waals surface area contributed by atoms with Crippen LogP contribution >= 0.6 is 0 Å². The van der Waals surface area contributed by atoms with E-state index in [9.17, 15) is 14.4 Å². The van der Waals surface area contributed by atoms with Gasteiger partial charge in [-0.05, 0) is 14.0 Å². The van der Waals surface area contributed by atoms with Crippen molar-refractivity contribution in [2.45, 2.75) is 25.4 Å². The van der Waals surface area contributed by atoms with Gasteiger partial charge in [0, 0.05) is 25.7 Å². The number of carbonyl (C=O) groups excluding carboxylic acids is 1. The van der Waals surface area contributed by atoms with Crippen LogP contribution in [0.4, 0.5) is 4.79 Å². The Hall–Kier alpha value is -1.83. The Bertz CT molecular complexity index is 373. The van der Waals surface area contributed by atoms with Crippen LogP contribution in [0.1, 0.15) is 13.3 Å². The molecule has 1 unspecified atom stereocenters. The van der Waals surface area contributed by atoms with Gasteiger partial charge in [0.15, 0.2) is 0 Å². The van der Waals surface area contributed by atoms with Gasteiger partial charge in [0.2, 0.25) is 0 Å². The molecule has 1 heterocycles. The first-order valence-electron chi connectivity index (χ1n) is 6.01. The normalized spacial score (nSPS) is 21.8. The maximum absolute atomic E-state index is 11.9. The zero-order valence-corrected chi connectivity index (χ0v) is 11.0. The van der Waals surface area contributed by atoms with Crippen molar-refractivity contribution in [2.24, 2.45) is 0 Å². The number of hydrogen-bond acceptors (Lipinski definition) is 4. The van der Waals surface area contributed by atoms with Gasteiger partial charge in [0.05, 0.1) is 6.42 Å². The minimum atomic E-state index is -1.40. The van der Waals surface area contributed by atoms with Crippen LogP contribution in [0, 0.1) is 0 Å². The fourth-order valence-electron chi connectivity index (χ4n) is 1.85. The fraction of sp³-hybridized carbons (Fsp3) is 0.727. The summed E-state index contributed by atoms with van der Waals surface area (Å²) in [5.74, 6) is -2.61. The van der Waals surface area contributed by atoms with E-state index in [1.54, 1.807) is 0 Å². The Morgan fingerprint density at radius 3 is 2.42 bits per heavy atom. The van der Waals surface area contributed by atoms with Crippen LogP contribution in [0.3, 0.4) is 0 Å². The summed E-state index contributed by atoms with van der Waals surface area (Å²) in [5, 5.41) is 19.7. The molecular formula is C11H19N3O5. The smallest absolute Gasteiger partial charge is 0.326 e. The molecule has 1 saturated heterocycles. The van der Waals surface area contributed by atoms with Gasteiger partial charge in [0.25, 0.3) is 0 Å². The van der Waals surface area contributed by atoms with Crippen LogP contribution in [-0.2, 0) is 9.59 Å². The average Bonchev–Trinajstić information content (AvgIpc) is 2.31. The number of aliphatic carboxylic acids is 2. The van der Waals surface area contributed by atoms with Gasteiger partial charge < -0.3 is 25.3 Å². The number of nitrogens with one attached hydrogen (secondary N) is 1. The van der Waals surface area contributed by atoms with Crippen molar-refractivity contribution in [3.05, 3.63) is 0 Å². The maximum atomic E-state index is 11.9. The molecule has 108 valence electrons. The van der Waals surface area contributed by atoms with Gasteiger partial charge in [-0.15, -0.1) is 0 Å². The summed E-state index contributed by atoms with van der Waals surface area (Å²) in [5.41, 5.74) is 0. The van der Waals surface area contributed by atoms with Crippen LogP contribution in [-0.4, -0.2) is 76.7 Å². The lowest BCUT2D eigenvalue weighted by molar-refractivity contribution is -0.145. The van der Waals surface area contributed by atoms with E-state index in [1.165, 1.54) is 4.90 Å². The minimum absolute atomic E-state index is 0.183. The third-order valence-corrected chi connectivity index (χ3v) is 3.22. The molecular weight excluding hydrogens is 254 g/mol. The van der Waals surface area contributed by atoms with Crippen molar-refractivity contribution < 1.29 is 24.6 Å². The number of likely N-dealkylation sites (N-methyl/N-ethyl adjacent to an activating group) is 1. The lowest BCUT2D eigenvalue weighted by Crippen LogP contribution is -2.56. The lowest BCUT2D eigenvalue weighted by Gasteiger charge is -2.37. The summed E-state index contributed by atoms with van der Waals surface area (Å²) in [6.07, 6.45) is -0.635. The summed E-state index contributed by atoms with van der Waals surface area (Å²) >= 11 is 0. The first-order chi connectivity index (χ1) is 8.81. The van der Waals surface area contributed by atoms with Gasteiger partial charge in [0.1, 0.15) is 6.04 Å². The summed E-state index contributed by atoms with van der Waals surface area (Å²) in [4.78, 5) is 36.9. The number of urea groups is 1. The molecule has 0 aromatic rings. The second kappa shape index (κ2) is 6.37. The van der Waals surface area contributed by atoms with Gasteiger partial charge in [-0.25, -0.2) is 9.59 Å². The Morgan fingerprint density at radius 2 is 1.95 bits per heavy atom. The summed E-state index contributed by atoms with van der Waals surface area (Å²) < 4.78 is 0. The third kappa shape index (κ3) is 4.40. The molecule has 0 bridgehead atoms. The third-order valence-electron chi connectivity index (χ3n) is 3.22. The highest BCUT2D eigenvalue weighted by molar-refractivity contribution is 5.86. The molecule has 8 nitrogen and oxygen atoms in total. The lowest BCUT2D eigenvalue weighted by atomic mass is 10.2. The molecule has 19 heavy (non-hydrogen) atoms. The minimum Gasteiger partial charge on any atom is -0.481 e. The number of carboxylic acids is 2. The molecule has 1 rings (SSSR count). The van der Waals surface area contributed by atoms with E-state index in [0.29, 0.717) is 19.6 Å². The highest BCUT2D eigenvalue weighted by Gasteiger charge is 2.28. The van der Waals surface area contributed by atoms with Crippen molar-refractivity contribution >= 4 is 18.0 Å². The quantitative estimate of drug-likeness (QED) is 0.622. The molecule has 1 fully saturated rings. The summed E-state index contributed by atoms with van der Waals surface area (Å²) in [6.45, 7) is 3.64. The maximum Gasteiger partial charge on any atom is 0.326 e. The zero-order valence-electron chi connectivity index (χ0n) is 11.0. The number of amides is 2. The van der Waals surface area contributed by atoms with E-state index in [-0.39, 0.29) is 6.04 Å². The van der Waals surface area contributed by atoms with E-state index >= 15 is 0 Å². The van der Waals surface area contributed by atoms with Crippen LogP contribution < -0.4 is 5.32 Å². The topological polar surface area (TPSA) is 110 Å². The van der Waals surface area contributed by atoms with E-state index in [0.717, 1.165) is 0 Å². The monoisotopic (exact) mass is 273 g/mol. The Kier molecular flexibility index (Phi) is 5.11. The standard InChI is InChI=1S/C11H19N3O5/c1-7-6-14(4-3-13(7)2)11(19)12-8(10(17)18)5-9(15)16/h7-8H,3-6H2,1-2H3,(H,12,19)(H,15,16)(H,17,18)/t7?,8-/m1/s1. The SMILES string of the molecule is CC1CN(C(=O)N[C@H](CC(=O)O)C(=O)O)CCN1C. The Balaban J connectivity index is 2.57. The average molecular weight is 273 g/mol. The fourth-order valence-corrected chi connectivity index (χ4v) is 1.85. The Labute approximate surface area is 111 Å². The van der Waals surface area contributed by atoms with Crippen LogP contribution in [0.2, 0.25) is 0 Å². The molecule has 1 aliphatic rings.